The first-order chi connectivity index (χ1) is 20.9. The van der Waals surface area contributed by atoms with Crippen LogP contribution in [-0.4, -0.2) is 17.7 Å². The lowest BCUT2D eigenvalue weighted by atomic mass is 9.84. The van der Waals surface area contributed by atoms with E-state index >= 15 is 0 Å². The molecule has 43 heavy (non-hydrogen) atoms. The van der Waals surface area contributed by atoms with Crippen molar-refractivity contribution in [2.75, 3.05) is 4.90 Å². The molecule has 5 unspecified atom stereocenters. The van der Waals surface area contributed by atoms with Crippen LogP contribution in [0.4, 0.5) is 11.4 Å². The van der Waals surface area contributed by atoms with E-state index in [2.05, 4.69) is 142 Å². The minimum Gasteiger partial charge on any atom is -0.478 e. The van der Waals surface area contributed by atoms with Crippen LogP contribution in [0, 0.1) is 17.8 Å². The number of nitrogens with zero attached hydrogens (tertiary/aromatic N) is 1. The Hall–Kier alpha value is -4.24. The monoisotopic (exact) mass is 567 g/mol. The number of anilines is 2. The lowest BCUT2D eigenvalue weighted by Crippen LogP contribution is -2.49. The predicted octanol–water partition coefficient (Wildman–Crippen LogP) is 9.85. The molecule has 0 saturated heterocycles. The van der Waals surface area contributed by atoms with Gasteiger partial charge < -0.3 is 14.4 Å². The molecule has 4 aliphatic carbocycles. The zero-order chi connectivity index (χ0) is 29.6. The summed E-state index contributed by atoms with van der Waals surface area (Å²) in [4.78, 5) is 2.46. The quantitative estimate of drug-likeness (QED) is 0.359. The van der Waals surface area contributed by atoms with Gasteiger partial charge in [-0.2, -0.15) is 0 Å². The highest BCUT2D eigenvalue weighted by Crippen LogP contribution is 2.45. The summed E-state index contributed by atoms with van der Waals surface area (Å²) in [6.45, 7) is 8.99. The van der Waals surface area contributed by atoms with Gasteiger partial charge in [-0.05, 0) is 96.2 Å². The molecular formula is C40H41NO2. The molecule has 0 bridgehead atoms. The average Bonchev–Trinajstić information content (AvgIpc) is 3.01. The van der Waals surface area contributed by atoms with Gasteiger partial charge in [0.15, 0.2) is 23.2 Å². The molecule has 1 aliphatic heterocycles. The van der Waals surface area contributed by atoms with Crippen molar-refractivity contribution < 1.29 is 9.47 Å². The minimum atomic E-state index is -0.528. The summed E-state index contributed by atoms with van der Waals surface area (Å²) in [6.07, 6.45) is 31.1. The fraction of sp³-hybridized carbons (Fsp3) is 0.300. The Labute approximate surface area is 256 Å². The van der Waals surface area contributed by atoms with E-state index in [9.17, 15) is 0 Å². The molecule has 218 valence electrons. The molecule has 0 saturated carbocycles. The molecule has 0 aromatic heterocycles. The lowest BCUT2D eigenvalue weighted by Gasteiger charge is -2.41. The molecular weight excluding hydrogens is 526 g/mol. The summed E-state index contributed by atoms with van der Waals surface area (Å²) in [5.41, 5.74) is 7.04. The van der Waals surface area contributed by atoms with Gasteiger partial charge in [-0.1, -0.05) is 99.7 Å². The van der Waals surface area contributed by atoms with Crippen molar-refractivity contribution in [2.45, 2.75) is 58.3 Å². The molecule has 0 amide bonds. The molecule has 0 radical (unpaired) electrons. The second-order valence-corrected chi connectivity index (χ2v) is 12.9. The number of fused-ring (bicyclic) bond motifs is 2. The lowest BCUT2D eigenvalue weighted by molar-refractivity contribution is 0.00211. The van der Waals surface area contributed by atoms with Gasteiger partial charge in [0.1, 0.15) is 0 Å². The first-order valence-electron chi connectivity index (χ1n) is 15.8. The van der Waals surface area contributed by atoms with Crippen LogP contribution in [0.3, 0.4) is 0 Å². The van der Waals surface area contributed by atoms with Crippen molar-refractivity contribution in [3.8, 4) is 11.5 Å². The van der Waals surface area contributed by atoms with Crippen LogP contribution in [0.5, 0.6) is 11.5 Å². The third-order valence-electron chi connectivity index (χ3n) is 9.33. The molecule has 1 heterocycles. The van der Waals surface area contributed by atoms with Crippen LogP contribution in [0.1, 0.15) is 46.1 Å². The van der Waals surface area contributed by atoms with E-state index in [0.29, 0.717) is 17.8 Å². The second-order valence-electron chi connectivity index (χ2n) is 12.9. The van der Waals surface area contributed by atoms with Crippen molar-refractivity contribution in [2.24, 2.45) is 17.8 Å². The van der Waals surface area contributed by atoms with Crippen LogP contribution in [0.25, 0.3) is 5.57 Å². The third-order valence-corrected chi connectivity index (χ3v) is 9.33. The Balaban J connectivity index is 1.25. The van der Waals surface area contributed by atoms with Crippen LogP contribution in [0.2, 0.25) is 0 Å². The maximum absolute atomic E-state index is 6.63. The van der Waals surface area contributed by atoms with Crippen LogP contribution in [0.15, 0.2) is 133 Å². The third kappa shape index (κ3) is 5.38. The molecule has 2 aromatic rings. The Kier molecular flexibility index (Phi) is 7.13. The van der Waals surface area contributed by atoms with E-state index in [1.165, 1.54) is 22.3 Å². The summed E-state index contributed by atoms with van der Waals surface area (Å²) in [6, 6.07) is 15.6. The van der Waals surface area contributed by atoms with Gasteiger partial charge in [0.2, 0.25) is 0 Å². The summed E-state index contributed by atoms with van der Waals surface area (Å²) in [5, 5.41) is 0. The maximum Gasteiger partial charge on any atom is 0.165 e. The standard InChI is InChI=1S/C40H41NO2/c1-27-9-7-11-31(23-27)30-14-17-34(18-15-30)41(36-20-16-33(25-29(36)3)32-12-8-10-28(2)24-32)35-19-21-37-38(26-35)43-40(4)22-6-5-13-39(40)42-37/h5-8,10-23,25-29,36,39H,9,24H2,1-4H3/t27?,28?,29?,36?,39?,40-/m1/s1. The van der Waals surface area contributed by atoms with Crippen molar-refractivity contribution in [1.29, 1.82) is 0 Å². The van der Waals surface area contributed by atoms with Crippen LogP contribution < -0.4 is 14.4 Å². The average molecular weight is 568 g/mol. The Morgan fingerprint density at radius 2 is 1.63 bits per heavy atom. The number of hydrogen-bond donors (Lipinski definition) is 0. The van der Waals surface area contributed by atoms with E-state index in [4.69, 9.17) is 9.47 Å². The smallest absolute Gasteiger partial charge is 0.165 e. The summed E-state index contributed by atoms with van der Waals surface area (Å²) in [5.74, 6) is 3.00. The molecule has 7 rings (SSSR count). The molecule has 0 spiro atoms. The first kappa shape index (κ1) is 27.6. The normalized spacial score (nSPS) is 30.3. The molecule has 6 atom stereocenters. The molecule has 3 nitrogen and oxygen atoms in total. The zero-order valence-electron chi connectivity index (χ0n) is 25.6. The highest BCUT2D eigenvalue weighted by molar-refractivity contribution is 5.77. The van der Waals surface area contributed by atoms with Gasteiger partial charge in [-0.3, -0.25) is 0 Å². The van der Waals surface area contributed by atoms with E-state index in [0.717, 1.165) is 35.7 Å². The van der Waals surface area contributed by atoms with E-state index in [1.807, 2.05) is 12.2 Å². The highest BCUT2D eigenvalue weighted by atomic mass is 16.6. The molecule has 0 fully saturated rings. The van der Waals surface area contributed by atoms with Gasteiger partial charge >= 0.3 is 0 Å². The predicted molar refractivity (Wildman–Crippen MR) is 179 cm³/mol. The van der Waals surface area contributed by atoms with Crippen molar-refractivity contribution >= 4 is 16.9 Å². The number of rotatable bonds is 5. The highest BCUT2D eigenvalue weighted by Gasteiger charge is 2.41. The van der Waals surface area contributed by atoms with Crippen LogP contribution >= 0.6 is 0 Å². The molecule has 3 heteroatoms. The number of allylic oxidation sites excluding steroid dienone is 12. The van der Waals surface area contributed by atoms with Crippen molar-refractivity contribution in [3.05, 3.63) is 138 Å². The van der Waals surface area contributed by atoms with Gasteiger partial charge in [-0.15, -0.1) is 0 Å². The second kappa shape index (κ2) is 11.1. The maximum atomic E-state index is 6.63. The fourth-order valence-corrected chi connectivity index (χ4v) is 6.89. The zero-order valence-corrected chi connectivity index (χ0v) is 25.6. The number of ether oxygens (including phenoxy) is 2. The molecule has 2 aromatic carbocycles. The van der Waals surface area contributed by atoms with Gasteiger partial charge in [-0.25, -0.2) is 0 Å². The van der Waals surface area contributed by atoms with E-state index < -0.39 is 5.60 Å². The fourth-order valence-electron chi connectivity index (χ4n) is 6.89. The Morgan fingerprint density at radius 1 is 0.791 bits per heavy atom. The van der Waals surface area contributed by atoms with Gasteiger partial charge in [0.05, 0.1) is 6.04 Å². The molecule has 5 aliphatic rings. The first-order valence-corrected chi connectivity index (χ1v) is 15.8. The Bertz CT molecular complexity index is 1650. The van der Waals surface area contributed by atoms with Crippen LogP contribution in [-0.2, 0) is 0 Å². The number of benzene rings is 2. The topological polar surface area (TPSA) is 21.7 Å². The summed E-state index contributed by atoms with van der Waals surface area (Å²) < 4.78 is 13.0. The van der Waals surface area contributed by atoms with E-state index in [-0.39, 0.29) is 12.1 Å². The SMILES string of the molecule is CC1C=C(c2ccc(N(c3ccc4c(c3)O[C@]3(C)C=CC=CC3O4)C3C=CC(C4=CC=CC(C)C4)=CC3C)cc2)C=CC1. The van der Waals surface area contributed by atoms with Crippen molar-refractivity contribution in [1.82, 2.24) is 0 Å². The summed E-state index contributed by atoms with van der Waals surface area (Å²) in [7, 11) is 0. The van der Waals surface area contributed by atoms with Crippen molar-refractivity contribution in [3.63, 3.8) is 0 Å². The minimum absolute atomic E-state index is 0.137. The molecule has 0 N–H and O–H groups in total. The Morgan fingerprint density at radius 3 is 2.42 bits per heavy atom. The van der Waals surface area contributed by atoms with E-state index in [1.54, 1.807) is 0 Å². The summed E-state index contributed by atoms with van der Waals surface area (Å²) >= 11 is 0. The number of hydrogen-bond acceptors (Lipinski definition) is 3. The largest absolute Gasteiger partial charge is 0.478 e. The van der Waals surface area contributed by atoms with Gasteiger partial charge in [0, 0.05) is 17.4 Å². The van der Waals surface area contributed by atoms with Gasteiger partial charge in [0.25, 0.3) is 0 Å².